The van der Waals surface area contributed by atoms with Gasteiger partial charge in [0, 0.05) is 29.7 Å². The molecule has 0 atom stereocenters. The first-order chi connectivity index (χ1) is 18.7. The van der Waals surface area contributed by atoms with E-state index >= 15 is 0 Å². The van der Waals surface area contributed by atoms with Gasteiger partial charge in [-0.2, -0.15) is 4.31 Å². The Balaban J connectivity index is 1.35. The van der Waals surface area contributed by atoms with Gasteiger partial charge in [-0.1, -0.05) is 65.5 Å². The smallest absolute Gasteiger partial charge is 0.261 e. The maximum atomic E-state index is 13.1. The van der Waals surface area contributed by atoms with Crippen LogP contribution in [-0.4, -0.2) is 43.4 Å². The van der Waals surface area contributed by atoms with Crippen molar-refractivity contribution in [2.45, 2.75) is 49.5 Å². The molecule has 7 nitrogen and oxygen atoms in total. The zero-order valence-corrected chi connectivity index (χ0v) is 24.9. The molecule has 0 unspecified atom stereocenters. The van der Waals surface area contributed by atoms with E-state index in [0.29, 0.717) is 30.0 Å². The molecule has 0 aliphatic heterocycles. The number of carbonyl (C=O) groups is 1. The van der Waals surface area contributed by atoms with Gasteiger partial charge in [0.25, 0.3) is 5.91 Å². The van der Waals surface area contributed by atoms with Crippen molar-refractivity contribution < 1.29 is 17.9 Å². The lowest BCUT2D eigenvalue weighted by molar-refractivity contribution is 0.0973. The van der Waals surface area contributed by atoms with Gasteiger partial charge in [0.15, 0.2) is 5.11 Å². The van der Waals surface area contributed by atoms with Crippen molar-refractivity contribution in [1.29, 1.82) is 0 Å². The van der Waals surface area contributed by atoms with Crippen LogP contribution in [-0.2, 0) is 16.4 Å². The minimum absolute atomic E-state index is 0.0366. The molecule has 206 valence electrons. The van der Waals surface area contributed by atoms with Gasteiger partial charge in [0.1, 0.15) is 5.75 Å². The van der Waals surface area contributed by atoms with Crippen LogP contribution in [0.5, 0.6) is 5.75 Å². The highest BCUT2D eigenvalue weighted by molar-refractivity contribution is 9.10. The fourth-order valence-electron chi connectivity index (χ4n) is 4.58. The lowest BCUT2D eigenvalue weighted by Crippen LogP contribution is -2.38. The molecule has 0 radical (unpaired) electrons. The lowest BCUT2D eigenvalue weighted by atomic mass is 9.96. The number of hydrogen-bond donors (Lipinski definition) is 2. The number of anilines is 1. The number of sulfonamides is 1. The Labute approximate surface area is 244 Å². The summed E-state index contributed by atoms with van der Waals surface area (Å²) in [6, 6.07) is 21.6. The molecule has 1 fully saturated rings. The van der Waals surface area contributed by atoms with E-state index in [9.17, 15) is 13.2 Å². The topological polar surface area (TPSA) is 87.7 Å². The summed E-state index contributed by atoms with van der Waals surface area (Å²) in [5.41, 5.74) is 2.05. The fourth-order valence-corrected chi connectivity index (χ4v) is 6.57. The van der Waals surface area contributed by atoms with Gasteiger partial charge in [-0.15, -0.1) is 0 Å². The lowest BCUT2D eigenvalue weighted by Gasteiger charge is -2.30. The average Bonchev–Trinajstić information content (AvgIpc) is 2.94. The van der Waals surface area contributed by atoms with Crippen molar-refractivity contribution in [1.82, 2.24) is 9.62 Å². The molecule has 39 heavy (non-hydrogen) atoms. The highest BCUT2D eigenvalue weighted by Crippen LogP contribution is 2.27. The summed E-state index contributed by atoms with van der Waals surface area (Å²) in [7, 11) is -1.93. The van der Waals surface area contributed by atoms with E-state index in [4.69, 9.17) is 17.0 Å². The molecule has 0 spiro atoms. The summed E-state index contributed by atoms with van der Waals surface area (Å²) in [5.74, 6) is 0.0305. The predicted octanol–water partition coefficient (Wildman–Crippen LogP) is 6.15. The maximum absolute atomic E-state index is 13.1. The van der Waals surface area contributed by atoms with Crippen LogP contribution in [0, 0.1) is 0 Å². The van der Waals surface area contributed by atoms with Crippen molar-refractivity contribution in [3.8, 4) is 5.75 Å². The number of thiocarbonyl (C=S) groups is 1. The van der Waals surface area contributed by atoms with E-state index in [2.05, 4.69) is 26.6 Å². The number of amides is 1. The molecule has 1 amide bonds. The van der Waals surface area contributed by atoms with Gasteiger partial charge in [0.2, 0.25) is 10.0 Å². The minimum atomic E-state index is -3.59. The van der Waals surface area contributed by atoms with Crippen molar-refractivity contribution in [3.05, 3.63) is 88.4 Å². The molecule has 4 rings (SSSR count). The summed E-state index contributed by atoms with van der Waals surface area (Å²) in [6.45, 7) is 0.416. The molecule has 1 saturated carbocycles. The van der Waals surface area contributed by atoms with E-state index in [0.717, 1.165) is 42.1 Å². The number of carbonyl (C=O) groups excluding carboxylic acids is 1. The van der Waals surface area contributed by atoms with Gasteiger partial charge in [0.05, 0.1) is 17.1 Å². The third kappa shape index (κ3) is 7.88. The molecule has 3 aromatic rings. The largest absolute Gasteiger partial charge is 0.492 e. The summed E-state index contributed by atoms with van der Waals surface area (Å²) in [5, 5.41) is 5.72. The van der Waals surface area contributed by atoms with Crippen LogP contribution in [0.2, 0.25) is 0 Å². The second-order valence-electron chi connectivity index (χ2n) is 9.47. The number of nitrogens with zero attached hydrogens (tertiary/aromatic N) is 1. The predicted molar refractivity (Wildman–Crippen MR) is 162 cm³/mol. The summed E-state index contributed by atoms with van der Waals surface area (Å²) in [4.78, 5) is 13.3. The van der Waals surface area contributed by atoms with Gasteiger partial charge in [-0.05, 0) is 73.1 Å². The van der Waals surface area contributed by atoms with E-state index in [1.54, 1.807) is 43.4 Å². The number of ether oxygens (including phenoxy) is 1. The SMILES string of the molecule is CN(C1CCCCC1)S(=O)(=O)c1ccc(NC(=S)NC(=O)c2cc(Br)ccc2OCCc2ccccc2)cc1. The molecule has 1 aliphatic carbocycles. The summed E-state index contributed by atoms with van der Waals surface area (Å²) in [6.07, 6.45) is 5.75. The third-order valence-corrected chi connectivity index (χ3v) is 9.40. The zero-order valence-electron chi connectivity index (χ0n) is 21.7. The van der Waals surface area contributed by atoms with Crippen LogP contribution in [0.4, 0.5) is 5.69 Å². The number of benzene rings is 3. The molecule has 0 saturated heterocycles. The van der Waals surface area contributed by atoms with Gasteiger partial charge >= 0.3 is 0 Å². The highest BCUT2D eigenvalue weighted by Gasteiger charge is 2.29. The molecular weight excluding hydrogens is 598 g/mol. The second kappa shape index (κ2) is 13.5. The first-order valence-electron chi connectivity index (χ1n) is 12.9. The van der Waals surface area contributed by atoms with Crippen molar-refractivity contribution in [2.75, 3.05) is 19.0 Å². The number of halogens is 1. The number of hydrogen-bond acceptors (Lipinski definition) is 5. The minimum Gasteiger partial charge on any atom is -0.492 e. The molecular formula is C29H32BrN3O4S2. The average molecular weight is 631 g/mol. The van der Waals surface area contributed by atoms with Crippen LogP contribution < -0.4 is 15.4 Å². The normalized spacial score (nSPS) is 14.1. The molecule has 0 heterocycles. The molecule has 0 bridgehead atoms. The Morgan fingerprint density at radius 2 is 1.72 bits per heavy atom. The maximum Gasteiger partial charge on any atom is 0.261 e. The van der Waals surface area contributed by atoms with E-state index in [1.807, 2.05) is 36.4 Å². The number of rotatable bonds is 9. The molecule has 3 aromatic carbocycles. The van der Waals surface area contributed by atoms with Gasteiger partial charge in [-0.25, -0.2) is 8.42 Å². The van der Waals surface area contributed by atoms with Crippen LogP contribution in [0.25, 0.3) is 0 Å². The Hall–Kier alpha value is -2.79. The van der Waals surface area contributed by atoms with Gasteiger partial charge in [-0.3, -0.25) is 10.1 Å². The molecule has 2 N–H and O–H groups in total. The summed E-state index contributed by atoms with van der Waals surface area (Å²) < 4.78 is 34.3. The second-order valence-corrected chi connectivity index (χ2v) is 12.8. The van der Waals surface area contributed by atoms with Crippen LogP contribution in [0.15, 0.2) is 82.2 Å². The van der Waals surface area contributed by atoms with Crippen LogP contribution >= 0.6 is 28.1 Å². The Morgan fingerprint density at radius 3 is 2.41 bits per heavy atom. The summed E-state index contributed by atoms with van der Waals surface area (Å²) >= 11 is 8.76. The Kier molecular flexibility index (Phi) is 10.1. The first kappa shape index (κ1) is 29.2. The Morgan fingerprint density at radius 1 is 1.03 bits per heavy atom. The molecule has 1 aliphatic rings. The Bertz CT molecular complexity index is 1390. The monoisotopic (exact) mass is 629 g/mol. The third-order valence-electron chi connectivity index (χ3n) is 6.78. The zero-order chi connectivity index (χ0) is 27.8. The molecule has 0 aromatic heterocycles. The quantitative estimate of drug-likeness (QED) is 0.276. The van der Waals surface area contributed by atoms with Crippen molar-refractivity contribution >= 4 is 54.9 Å². The fraction of sp³-hybridized carbons (Fsp3) is 0.310. The first-order valence-corrected chi connectivity index (χ1v) is 15.5. The standard InChI is InChI=1S/C29H32BrN3O4S2/c1-33(24-10-6-3-7-11-24)39(35,36)25-15-13-23(14-16-25)31-29(38)32-28(34)26-20-22(30)12-17-27(26)37-19-18-21-8-4-2-5-9-21/h2,4-5,8-9,12-17,20,24H,3,6-7,10-11,18-19H2,1H3,(H2,31,32,34,38). The van der Waals surface area contributed by atoms with Gasteiger partial charge < -0.3 is 10.1 Å². The van der Waals surface area contributed by atoms with Crippen LogP contribution in [0.1, 0.15) is 48.0 Å². The molecule has 10 heteroatoms. The van der Waals surface area contributed by atoms with E-state index in [-0.39, 0.29) is 16.0 Å². The van der Waals surface area contributed by atoms with Crippen molar-refractivity contribution in [2.24, 2.45) is 0 Å². The highest BCUT2D eigenvalue weighted by atomic mass is 79.9. The van der Waals surface area contributed by atoms with E-state index < -0.39 is 15.9 Å². The van der Waals surface area contributed by atoms with Crippen molar-refractivity contribution in [3.63, 3.8) is 0 Å². The van der Waals surface area contributed by atoms with E-state index in [1.165, 1.54) is 4.31 Å². The number of nitrogens with one attached hydrogen (secondary N) is 2. The van der Waals surface area contributed by atoms with Crippen LogP contribution in [0.3, 0.4) is 0 Å².